The molecule has 0 radical (unpaired) electrons. The molecule has 0 spiro atoms. The van der Waals surface area contributed by atoms with E-state index in [1.807, 2.05) is 0 Å². The summed E-state index contributed by atoms with van der Waals surface area (Å²) in [4.78, 5) is 8.21. The second kappa shape index (κ2) is 6.28. The van der Waals surface area contributed by atoms with Gasteiger partial charge in [0.2, 0.25) is 5.82 Å². The first-order valence-electron chi connectivity index (χ1n) is 5.91. The summed E-state index contributed by atoms with van der Waals surface area (Å²) in [6, 6.07) is 6.33. The van der Waals surface area contributed by atoms with Crippen LogP contribution in [0, 0.1) is 0 Å². The van der Waals surface area contributed by atoms with Gasteiger partial charge in [0.25, 0.3) is 0 Å². The molecule has 2 aromatic rings. The van der Waals surface area contributed by atoms with Crippen molar-refractivity contribution in [1.29, 1.82) is 0 Å². The Bertz CT molecular complexity index is 657. The maximum atomic E-state index is 12.4. The van der Waals surface area contributed by atoms with Crippen LogP contribution >= 0.6 is 12.2 Å². The Labute approximate surface area is 128 Å². The van der Waals surface area contributed by atoms with Gasteiger partial charge < -0.3 is 9.84 Å². The Morgan fingerprint density at radius 2 is 1.95 bits per heavy atom. The largest absolute Gasteiger partial charge is 0.471 e. The second-order valence-corrected chi connectivity index (χ2v) is 4.50. The van der Waals surface area contributed by atoms with Crippen molar-refractivity contribution in [3.05, 3.63) is 30.2 Å². The summed E-state index contributed by atoms with van der Waals surface area (Å²) in [5, 5.41) is 7.87. The molecule has 10 heteroatoms. The minimum absolute atomic E-state index is 0.143. The van der Waals surface area contributed by atoms with Gasteiger partial charge in [0, 0.05) is 18.3 Å². The van der Waals surface area contributed by atoms with Gasteiger partial charge in [0.15, 0.2) is 5.11 Å². The number of alkyl halides is 3. The Hall–Kier alpha value is -2.20. The first-order chi connectivity index (χ1) is 10.3. The Balaban J connectivity index is 2.12. The van der Waals surface area contributed by atoms with E-state index >= 15 is 0 Å². The van der Waals surface area contributed by atoms with Gasteiger partial charge in [-0.3, -0.25) is 4.84 Å². The molecule has 6 nitrogen and oxygen atoms in total. The quantitative estimate of drug-likeness (QED) is 0.685. The molecule has 0 bridgehead atoms. The Kier molecular flexibility index (Phi) is 4.62. The highest BCUT2D eigenvalue weighted by Gasteiger charge is 2.38. The molecular formula is C12H11F3N4O2S. The van der Waals surface area contributed by atoms with Crippen molar-refractivity contribution in [1.82, 2.24) is 15.2 Å². The molecule has 0 saturated heterocycles. The fourth-order valence-corrected chi connectivity index (χ4v) is 1.64. The number of nitrogens with zero attached hydrogens (tertiary/aromatic N) is 3. The van der Waals surface area contributed by atoms with Crippen LogP contribution in [0.25, 0.3) is 11.4 Å². The van der Waals surface area contributed by atoms with E-state index in [0.717, 1.165) is 0 Å². The number of hydroxylamine groups is 2. The molecule has 0 aliphatic heterocycles. The molecule has 0 atom stereocenters. The lowest BCUT2D eigenvalue weighted by atomic mass is 10.2. The molecule has 118 valence electrons. The van der Waals surface area contributed by atoms with Gasteiger partial charge in [-0.15, -0.1) is 0 Å². The summed E-state index contributed by atoms with van der Waals surface area (Å²) in [7, 11) is 3.09. The summed E-state index contributed by atoms with van der Waals surface area (Å²) >= 11 is 5.05. The van der Waals surface area contributed by atoms with E-state index in [0.29, 0.717) is 16.4 Å². The van der Waals surface area contributed by atoms with Crippen LogP contribution in [-0.4, -0.2) is 34.5 Å². The number of aromatic nitrogens is 2. The summed E-state index contributed by atoms with van der Waals surface area (Å²) in [6.45, 7) is 0. The van der Waals surface area contributed by atoms with Gasteiger partial charge >= 0.3 is 12.1 Å². The topological polar surface area (TPSA) is 63.4 Å². The molecule has 0 amide bonds. The van der Waals surface area contributed by atoms with Crippen LogP contribution in [0.5, 0.6) is 0 Å². The maximum Gasteiger partial charge on any atom is 0.471 e. The maximum absolute atomic E-state index is 12.4. The van der Waals surface area contributed by atoms with Gasteiger partial charge in [-0.05, 0) is 36.5 Å². The average Bonchev–Trinajstić information content (AvgIpc) is 2.97. The van der Waals surface area contributed by atoms with E-state index in [-0.39, 0.29) is 5.82 Å². The number of benzene rings is 1. The standard InChI is InChI=1S/C12H11F3N4O2S/c1-19(20-2)11(22)16-8-5-3-7(4-6-8)9-17-10(21-18-9)12(13,14)15/h3-6H,1-2H3,(H,16,22). The smallest absolute Gasteiger partial charge is 0.331 e. The lowest BCUT2D eigenvalue weighted by Gasteiger charge is -2.17. The molecule has 0 saturated carbocycles. The number of thiocarbonyl (C=S) groups is 1. The van der Waals surface area contributed by atoms with Gasteiger partial charge in [0.05, 0.1) is 7.11 Å². The predicted octanol–water partition coefficient (Wildman–Crippen LogP) is 2.95. The SMILES string of the molecule is CON(C)C(=S)Nc1ccc(-c2noc(C(F)(F)F)n2)cc1. The van der Waals surface area contributed by atoms with Gasteiger partial charge in [0.1, 0.15) is 0 Å². The molecule has 0 aliphatic rings. The van der Waals surface area contributed by atoms with Crippen LogP contribution in [0.3, 0.4) is 0 Å². The fourth-order valence-electron chi connectivity index (χ4n) is 1.44. The number of hydrogen-bond acceptors (Lipinski definition) is 5. The first kappa shape index (κ1) is 16.2. The van der Waals surface area contributed by atoms with Gasteiger partial charge in [-0.1, -0.05) is 5.16 Å². The van der Waals surface area contributed by atoms with Crippen molar-refractivity contribution in [2.24, 2.45) is 0 Å². The summed E-state index contributed by atoms with van der Waals surface area (Å²) in [6.07, 6.45) is -4.66. The number of nitrogens with one attached hydrogen (secondary N) is 1. The van der Waals surface area contributed by atoms with E-state index in [4.69, 9.17) is 17.1 Å². The summed E-state index contributed by atoms with van der Waals surface area (Å²) in [5.74, 6) is -1.52. The molecular weight excluding hydrogens is 321 g/mol. The number of hydrogen-bond donors (Lipinski definition) is 1. The van der Waals surface area contributed by atoms with Crippen molar-refractivity contribution >= 4 is 23.0 Å². The minimum Gasteiger partial charge on any atom is -0.331 e. The Morgan fingerprint density at radius 3 is 2.45 bits per heavy atom. The number of rotatable bonds is 3. The van der Waals surface area contributed by atoms with Crippen LogP contribution in [0.1, 0.15) is 5.89 Å². The minimum atomic E-state index is -4.66. The lowest BCUT2D eigenvalue weighted by molar-refractivity contribution is -0.159. The Morgan fingerprint density at radius 1 is 1.32 bits per heavy atom. The number of halogens is 3. The van der Waals surface area contributed by atoms with Gasteiger partial charge in [-0.2, -0.15) is 18.2 Å². The van der Waals surface area contributed by atoms with Crippen LogP contribution < -0.4 is 5.32 Å². The van der Waals surface area contributed by atoms with Crippen LogP contribution in [-0.2, 0) is 11.0 Å². The normalized spacial score (nSPS) is 11.3. The molecule has 0 fully saturated rings. The predicted molar refractivity (Wildman–Crippen MR) is 75.7 cm³/mol. The highest BCUT2D eigenvalue weighted by Crippen LogP contribution is 2.29. The first-order valence-corrected chi connectivity index (χ1v) is 6.32. The van der Waals surface area contributed by atoms with E-state index in [1.54, 1.807) is 31.3 Å². The van der Waals surface area contributed by atoms with Crippen LogP contribution in [0.4, 0.5) is 18.9 Å². The van der Waals surface area contributed by atoms with E-state index < -0.39 is 12.1 Å². The molecule has 0 aliphatic carbocycles. The summed E-state index contributed by atoms with van der Waals surface area (Å²) < 4.78 is 41.4. The zero-order valence-corrected chi connectivity index (χ0v) is 12.3. The molecule has 22 heavy (non-hydrogen) atoms. The molecule has 1 aromatic heterocycles. The fraction of sp³-hybridized carbons (Fsp3) is 0.250. The highest BCUT2D eigenvalue weighted by atomic mass is 32.1. The van der Waals surface area contributed by atoms with Crippen molar-refractivity contribution in [2.45, 2.75) is 6.18 Å². The highest BCUT2D eigenvalue weighted by molar-refractivity contribution is 7.80. The van der Waals surface area contributed by atoms with Crippen molar-refractivity contribution in [3.63, 3.8) is 0 Å². The average molecular weight is 332 g/mol. The molecule has 0 unspecified atom stereocenters. The van der Waals surface area contributed by atoms with Crippen molar-refractivity contribution in [3.8, 4) is 11.4 Å². The monoisotopic (exact) mass is 332 g/mol. The number of anilines is 1. The van der Waals surface area contributed by atoms with E-state index in [2.05, 4.69) is 20.0 Å². The third kappa shape index (κ3) is 3.71. The molecule has 1 N–H and O–H groups in total. The molecule has 1 aromatic carbocycles. The van der Waals surface area contributed by atoms with Crippen molar-refractivity contribution < 1.29 is 22.5 Å². The zero-order valence-electron chi connectivity index (χ0n) is 11.5. The van der Waals surface area contributed by atoms with E-state index in [9.17, 15) is 13.2 Å². The molecule has 2 rings (SSSR count). The summed E-state index contributed by atoms with van der Waals surface area (Å²) in [5.41, 5.74) is 1.02. The zero-order chi connectivity index (χ0) is 16.3. The van der Waals surface area contributed by atoms with Crippen molar-refractivity contribution in [2.75, 3.05) is 19.5 Å². The lowest BCUT2D eigenvalue weighted by Crippen LogP contribution is -2.29. The third-order valence-corrected chi connectivity index (χ3v) is 2.98. The second-order valence-electron chi connectivity index (χ2n) is 4.11. The van der Waals surface area contributed by atoms with Crippen LogP contribution in [0.2, 0.25) is 0 Å². The third-order valence-electron chi connectivity index (χ3n) is 2.62. The van der Waals surface area contributed by atoms with E-state index in [1.165, 1.54) is 12.2 Å². The van der Waals surface area contributed by atoms with Crippen LogP contribution in [0.15, 0.2) is 28.8 Å². The van der Waals surface area contributed by atoms with Gasteiger partial charge in [-0.25, -0.2) is 5.06 Å². The molecule has 1 heterocycles.